The molecule has 0 saturated heterocycles. The number of aromatic amines is 1. The third-order valence-corrected chi connectivity index (χ3v) is 7.17. The highest BCUT2D eigenvalue weighted by molar-refractivity contribution is 6.76. The largest absolute Gasteiger partial charge is 0.461 e. The number of anilines is 1. The fraction of sp³-hybridized carbons (Fsp3) is 0.524. The fourth-order valence-corrected chi connectivity index (χ4v) is 4.49. The quantitative estimate of drug-likeness (QED) is 0.325. The average molecular weight is 443 g/mol. The van der Waals surface area contributed by atoms with Gasteiger partial charge < -0.3 is 18.9 Å². The Morgan fingerprint density at radius 3 is 2.90 bits per heavy atom. The van der Waals surface area contributed by atoms with Crippen LogP contribution in [0.15, 0.2) is 18.6 Å². The summed E-state index contributed by atoms with van der Waals surface area (Å²) < 4.78 is 13.1. The van der Waals surface area contributed by atoms with Crippen LogP contribution in [0.1, 0.15) is 28.7 Å². The van der Waals surface area contributed by atoms with E-state index < -0.39 is 14.0 Å². The number of ether oxygens (including phenoxy) is 2. The van der Waals surface area contributed by atoms with E-state index in [9.17, 15) is 4.79 Å². The van der Waals surface area contributed by atoms with E-state index in [4.69, 9.17) is 9.47 Å². The first-order valence-electron chi connectivity index (χ1n) is 10.7. The average Bonchev–Trinajstić information content (AvgIpc) is 3.34. The number of aromatic nitrogens is 5. The summed E-state index contributed by atoms with van der Waals surface area (Å²) in [4.78, 5) is 23.5. The number of rotatable bonds is 8. The Balaban J connectivity index is 1.53. The van der Waals surface area contributed by atoms with Gasteiger partial charge in [0.05, 0.1) is 12.0 Å². The van der Waals surface area contributed by atoms with Crippen LogP contribution in [-0.4, -0.2) is 58.5 Å². The number of carbonyl (C=O) groups excluding carboxylic acids is 1. The lowest BCUT2D eigenvalue weighted by Gasteiger charge is -2.28. The van der Waals surface area contributed by atoms with E-state index in [1.165, 1.54) is 0 Å². The maximum absolute atomic E-state index is 12.3. The van der Waals surface area contributed by atoms with Crippen LogP contribution >= 0.6 is 0 Å². The Bertz CT molecular complexity index is 1070. The summed E-state index contributed by atoms with van der Waals surface area (Å²) in [6, 6.07) is 3.17. The van der Waals surface area contributed by atoms with E-state index in [0.717, 1.165) is 53.7 Å². The van der Waals surface area contributed by atoms with Crippen LogP contribution in [0.3, 0.4) is 0 Å². The van der Waals surface area contributed by atoms with Gasteiger partial charge in [-0.3, -0.25) is 5.10 Å². The lowest BCUT2D eigenvalue weighted by molar-refractivity contribution is 0.0518. The molecule has 4 heterocycles. The second kappa shape index (κ2) is 8.79. The number of nitrogens with one attached hydrogen (secondary N) is 1. The summed E-state index contributed by atoms with van der Waals surface area (Å²) in [7, 11) is -1.11. The van der Waals surface area contributed by atoms with E-state index >= 15 is 0 Å². The highest BCUT2D eigenvalue weighted by atomic mass is 28.3. The second-order valence-corrected chi connectivity index (χ2v) is 14.6. The molecular formula is C21H30N6O3Si. The van der Waals surface area contributed by atoms with E-state index in [1.807, 2.05) is 16.8 Å². The van der Waals surface area contributed by atoms with Crippen LogP contribution in [0, 0.1) is 0 Å². The standard InChI is InChI=1S/C21H30N6O3Si/c1-5-30-21(28)18-16-12-26(9-7-17(16)24-25-18)19-15-6-8-27(20(15)23-13-22-19)14-29-10-11-31(2,3)4/h6,8,13H,5,7,9-12,14H2,1-4H3,(H,24,25). The molecule has 166 valence electrons. The molecular weight excluding hydrogens is 412 g/mol. The Morgan fingerprint density at radius 1 is 1.29 bits per heavy atom. The molecule has 1 aliphatic rings. The van der Waals surface area contributed by atoms with Gasteiger partial charge in [0, 0.05) is 51.6 Å². The lowest BCUT2D eigenvalue weighted by Crippen LogP contribution is -2.31. The molecule has 9 nitrogen and oxygen atoms in total. The van der Waals surface area contributed by atoms with E-state index in [2.05, 4.69) is 44.7 Å². The third kappa shape index (κ3) is 4.64. The van der Waals surface area contributed by atoms with Gasteiger partial charge in [-0.15, -0.1) is 0 Å². The number of hydrogen-bond acceptors (Lipinski definition) is 7. The zero-order valence-electron chi connectivity index (χ0n) is 18.6. The molecule has 0 unspecified atom stereocenters. The van der Waals surface area contributed by atoms with Crippen LogP contribution in [-0.2, 0) is 29.2 Å². The number of esters is 1. The Labute approximate surface area is 182 Å². The summed E-state index contributed by atoms with van der Waals surface area (Å²) >= 11 is 0. The van der Waals surface area contributed by atoms with Gasteiger partial charge in [-0.05, 0) is 19.0 Å². The topological polar surface area (TPSA) is 98.2 Å². The van der Waals surface area contributed by atoms with Crippen molar-refractivity contribution in [1.82, 2.24) is 24.7 Å². The number of fused-ring (bicyclic) bond motifs is 2. The molecule has 0 atom stereocenters. The first-order valence-corrected chi connectivity index (χ1v) is 14.4. The summed E-state index contributed by atoms with van der Waals surface area (Å²) in [5, 5.41) is 8.16. The zero-order valence-corrected chi connectivity index (χ0v) is 19.6. The molecule has 10 heteroatoms. The molecule has 0 aromatic carbocycles. The molecule has 0 fully saturated rings. The minimum absolute atomic E-state index is 0.324. The monoisotopic (exact) mass is 442 g/mol. The first-order chi connectivity index (χ1) is 14.9. The number of hydrogen-bond donors (Lipinski definition) is 1. The molecule has 0 aliphatic carbocycles. The Morgan fingerprint density at radius 2 is 2.13 bits per heavy atom. The van der Waals surface area contributed by atoms with Crippen molar-refractivity contribution < 1.29 is 14.3 Å². The highest BCUT2D eigenvalue weighted by Crippen LogP contribution is 2.29. The van der Waals surface area contributed by atoms with Crippen LogP contribution < -0.4 is 4.90 Å². The first kappa shape index (κ1) is 21.5. The van der Waals surface area contributed by atoms with Gasteiger partial charge in [-0.25, -0.2) is 14.8 Å². The third-order valence-electron chi connectivity index (χ3n) is 5.46. The zero-order chi connectivity index (χ0) is 22.0. The van der Waals surface area contributed by atoms with Crippen molar-refractivity contribution >= 4 is 30.9 Å². The van der Waals surface area contributed by atoms with Gasteiger partial charge >= 0.3 is 5.97 Å². The normalized spacial score (nSPS) is 14.1. The van der Waals surface area contributed by atoms with E-state index in [0.29, 0.717) is 25.6 Å². The Kier molecular flexibility index (Phi) is 6.10. The van der Waals surface area contributed by atoms with Gasteiger partial charge in [-0.2, -0.15) is 5.10 Å². The lowest BCUT2D eigenvalue weighted by atomic mass is 10.1. The summed E-state index contributed by atoms with van der Waals surface area (Å²) in [5.74, 6) is 0.462. The van der Waals surface area contributed by atoms with Crippen molar-refractivity contribution in [2.45, 2.75) is 52.3 Å². The molecule has 31 heavy (non-hydrogen) atoms. The van der Waals surface area contributed by atoms with Gasteiger partial charge in [-0.1, -0.05) is 19.6 Å². The minimum Gasteiger partial charge on any atom is -0.461 e. The molecule has 1 aliphatic heterocycles. The molecule has 0 amide bonds. The second-order valence-electron chi connectivity index (χ2n) is 8.99. The summed E-state index contributed by atoms with van der Waals surface area (Å²) in [6.07, 6.45) is 4.34. The van der Waals surface area contributed by atoms with E-state index in [-0.39, 0.29) is 0 Å². The molecule has 1 N–H and O–H groups in total. The number of H-pyrrole nitrogens is 1. The molecule has 3 aromatic heterocycles. The van der Waals surface area contributed by atoms with Gasteiger partial charge in [0.15, 0.2) is 5.69 Å². The molecule has 4 rings (SSSR count). The summed E-state index contributed by atoms with van der Waals surface area (Å²) in [5.41, 5.74) is 3.07. The van der Waals surface area contributed by atoms with Crippen molar-refractivity contribution in [3.05, 3.63) is 35.5 Å². The fourth-order valence-electron chi connectivity index (χ4n) is 3.73. The molecule has 0 spiro atoms. The Hall–Kier alpha value is -2.72. The predicted molar refractivity (Wildman–Crippen MR) is 121 cm³/mol. The van der Waals surface area contributed by atoms with Crippen molar-refractivity contribution in [3.8, 4) is 0 Å². The van der Waals surface area contributed by atoms with Crippen molar-refractivity contribution in [2.75, 3.05) is 24.7 Å². The SMILES string of the molecule is CCOC(=O)c1n[nH]c2c1CN(c1ncnc3c1ccn3COCC[Si](C)(C)C)CC2. The maximum atomic E-state index is 12.3. The molecule has 0 saturated carbocycles. The van der Waals surface area contributed by atoms with Crippen molar-refractivity contribution in [3.63, 3.8) is 0 Å². The molecule has 0 radical (unpaired) electrons. The number of nitrogens with zero attached hydrogens (tertiary/aromatic N) is 5. The smallest absolute Gasteiger partial charge is 0.359 e. The minimum atomic E-state index is -1.11. The molecule has 0 bridgehead atoms. The highest BCUT2D eigenvalue weighted by Gasteiger charge is 2.28. The van der Waals surface area contributed by atoms with Crippen LogP contribution in [0.2, 0.25) is 25.7 Å². The maximum Gasteiger partial charge on any atom is 0.359 e. The van der Waals surface area contributed by atoms with Crippen LogP contribution in [0.5, 0.6) is 0 Å². The number of carbonyl (C=O) groups is 1. The van der Waals surface area contributed by atoms with Crippen molar-refractivity contribution in [2.24, 2.45) is 0 Å². The van der Waals surface area contributed by atoms with Gasteiger partial charge in [0.2, 0.25) is 0 Å². The van der Waals surface area contributed by atoms with Gasteiger partial charge in [0.25, 0.3) is 0 Å². The van der Waals surface area contributed by atoms with E-state index in [1.54, 1.807) is 13.3 Å². The van der Waals surface area contributed by atoms with Crippen LogP contribution in [0.4, 0.5) is 5.82 Å². The van der Waals surface area contributed by atoms with Crippen molar-refractivity contribution in [1.29, 1.82) is 0 Å². The predicted octanol–water partition coefficient (Wildman–Crippen LogP) is 3.21. The van der Waals surface area contributed by atoms with Crippen LogP contribution in [0.25, 0.3) is 11.0 Å². The summed E-state index contributed by atoms with van der Waals surface area (Å²) in [6.45, 7) is 11.7. The molecule has 3 aromatic rings. The van der Waals surface area contributed by atoms with Gasteiger partial charge in [0.1, 0.15) is 24.5 Å².